The Labute approximate surface area is 223 Å². The maximum absolute atomic E-state index is 13.8. The average Bonchev–Trinajstić information content (AvgIpc) is 3.37. The number of amides is 3. The molecule has 0 aliphatic carbocycles. The van der Waals surface area contributed by atoms with Crippen molar-refractivity contribution in [3.63, 3.8) is 0 Å². The Morgan fingerprint density at radius 3 is 2.21 bits per heavy atom. The number of piperidine rings is 1. The normalized spacial score (nSPS) is 23.4. The van der Waals surface area contributed by atoms with E-state index < -0.39 is 24.0 Å². The van der Waals surface area contributed by atoms with Crippen LogP contribution in [0.5, 0.6) is 0 Å². The summed E-state index contributed by atoms with van der Waals surface area (Å²) < 4.78 is 0. The summed E-state index contributed by atoms with van der Waals surface area (Å²) in [7, 11) is 0. The molecule has 4 rings (SSSR count). The zero-order valence-electron chi connectivity index (χ0n) is 21.6. The molecule has 10 nitrogen and oxygen atoms in total. The van der Waals surface area contributed by atoms with Gasteiger partial charge in [-0.2, -0.15) is 0 Å². The van der Waals surface area contributed by atoms with Crippen molar-refractivity contribution < 1.29 is 14.4 Å². The number of rotatable bonds is 9. The first-order chi connectivity index (χ1) is 18.3. The third-order valence-corrected chi connectivity index (χ3v) is 7.55. The van der Waals surface area contributed by atoms with Crippen molar-refractivity contribution in [3.05, 3.63) is 71.8 Å². The van der Waals surface area contributed by atoms with Gasteiger partial charge in [0.05, 0.1) is 12.1 Å². The SMILES string of the molecule is CC[C@H](N)C(=O)N[C@@H]1C(=O)N2C(CC[C@H]2C(=O)NC(c2ccccc2)c2ccccc2)C[C@@H]1CNC(=N)N. The lowest BCUT2D eigenvalue weighted by atomic mass is 9.85. The monoisotopic (exact) mass is 519 g/mol. The Hall–Kier alpha value is -3.92. The predicted molar refractivity (Wildman–Crippen MR) is 145 cm³/mol. The number of nitrogens with two attached hydrogens (primary N) is 2. The second kappa shape index (κ2) is 12.1. The van der Waals surface area contributed by atoms with E-state index >= 15 is 0 Å². The Bertz CT molecular complexity index is 1100. The van der Waals surface area contributed by atoms with Crippen LogP contribution >= 0.6 is 0 Å². The first-order valence-corrected chi connectivity index (χ1v) is 13.2. The molecule has 0 saturated carbocycles. The molecule has 0 radical (unpaired) electrons. The molecule has 10 heteroatoms. The van der Waals surface area contributed by atoms with Crippen LogP contribution in [0.4, 0.5) is 0 Å². The molecule has 2 aromatic rings. The molecule has 0 bridgehead atoms. The fourth-order valence-corrected chi connectivity index (χ4v) is 5.51. The Kier molecular flexibility index (Phi) is 8.62. The lowest BCUT2D eigenvalue weighted by Crippen LogP contribution is -2.64. The lowest BCUT2D eigenvalue weighted by Gasteiger charge is -2.42. The first-order valence-electron chi connectivity index (χ1n) is 13.2. The zero-order valence-corrected chi connectivity index (χ0v) is 21.6. The molecule has 0 spiro atoms. The molecule has 2 heterocycles. The van der Waals surface area contributed by atoms with Crippen molar-refractivity contribution in [2.75, 3.05) is 6.54 Å². The van der Waals surface area contributed by atoms with E-state index in [1.807, 2.05) is 60.7 Å². The standard InChI is InChI=1S/C28H37N7O3/c1-2-21(29)25(36)34-24-19(16-32-28(30)31)15-20-13-14-22(35(20)27(24)38)26(37)33-23(17-9-5-3-6-10-17)18-11-7-4-8-12-18/h3-12,19-24H,2,13-16,29H2,1H3,(H,33,37)(H,34,36)(H4,30,31,32)/t19-,20?,21+,22+,24+/m1/s1. The van der Waals surface area contributed by atoms with E-state index in [2.05, 4.69) is 16.0 Å². The van der Waals surface area contributed by atoms with Gasteiger partial charge < -0.3 is 32.3 Å². The van der Waals surface area contributed by atoms with Gasteiger partial charge in [0.1, 0.15) is 12.1 Å². The quantitative estimate of drug-likeness (QED) is 0.213. The second-order valence-corrected chi connectivity index (χ2v) is 10.0. The van der Waals surface area contributed by atoms with Gasteiger partial charge in [-0.1, -0.05) is 67.6 Å². The summed E-state index contributed by atoms with van der Waals surface area (Å²) in [5.74, 6) is -1.43. The summed E-state index contributed by atoms with van der Waals surface area (Å²) in [5.41, 5.74) is 13.3. The van der Waals surface area contributed by atoms with Gasteiger partial charge >= 0.3 is 0 Å². The molecule has 3 amide bonds. The van der Waals surface area contributed by atoms with Gasteiger partial charge in [0, 0.05) is 18.5 Å². The fraction of sp³-hybridized carbons (Fsp3) is 0.429. The predicted octanol–water partition coefficient (Wildman–Crippen LogP) is 0.977. The lowest BCUT2D eigenvalue weighted by molar-refractivity contribution is -0.148. The molecule has 2 saturated heterocycles. The number of nitrogens with one attached hydrogen (secondary N) is 4. The highest BCUT2D eigenvalue weighted by Crippen LogP contribution is 2.36. The molecule has 2 fully saturated rings. The van der Waals surface area contributed by atoms with E-state index in [1.54, 1.807) is 11.8 Å². The molecule has 2 aliphatic heterocycles. The van der Waals surface area contributed by atoms with Gasteiger partial charge in [0.2, 0.25) is 17.7 Å². The molecule has 1 unspecified atom stereocenters. The molecule has 38 heavy (non-hydrogen) atoms. The topological polar surface area (TPSA) is 166 Å². The molecule has 202 valence electrons. The fourth-order valence-electron chi connectivity index (χ4n) is 5.51. The highest BCUT2D eigenvalue weighted by molar-refractivity contribution is 5.94. The van der Waals surface area contributed by atoms with Crippen molar-refractivity contribution in [2.45, 2.75) is 62.8 Å². The van der Waals surface area contributed by atoms with Crippen LogP contribution in [-0.2, 0) is 14.4 Å². The molecule has 0 aromatic heterocycles. The van der Waals surface area contributed by atoms with Crippen molar-refractivity contribution in [2.24, 2.45) is 17.4 Å². The maximum Gasteiger partial charge on any atom is 0.246 e. The molecular weight excluding hydrogens is 482 g/mol. The van der Waals surface area contributed by atoms with Crippen LogP contribution in [0.1, 0.15) is 49.8 Å². The van der Waals surface area contributed by atoms with E-state index in [0.717, 1.165) is 11.1 Å². The smallest absolute Gasteiger partial charge is 0.246 e. The van der Waals surface area contributed by atoms with E-state index in [9.17, 15) is 14.4 Å². The number of carbonyl (C=O) groups excluding carboxylic acids is 3. The number of hydrogen-bond donors (Lipinski definition) is 6. The molecule has 2 aromatic carbocycles. The summed E-state index contributed by atoms with van der Waals surface area (Å²) in [6.07, 6.45) is 2.21. The minimum absolute atomic E-state index is 0.142. The molecule has 5 atom stereocenters. The van der Waals surface area contributed by atoms with Gasteiger partial charge in [-0.25, -0.2) is 0 Å². The molecule has 8 N–H and O–H groups in total. The van der Waals surface area contributed by atoms with Crippen LogP contribution in [0.15, 0.2) is 60.7 Å². The van der Waals surface area contributed by atoms with Gasteiger partial charge in [-0.05, 0) is 36.8 Å². The van der Waals surface area contributed by atoms with E-state index in [-0.39, 0.29) is 42.3 Å². The third-order valence-electron chi connectivity index (χ3n) is 7.55. The number of benzene rings is 2. The maximum atomic E-state index is 13.8. The Balaban J connectivity index is 1.56. The summed E-state index contributed by atoms with van der Waals surface area (Å²) in [5, 5.41) is 16.3. The van der Waals surface area contributed by atoms with Crippen LogP contribution < -0.4 is 27.4 Å². The average molecular weight is 520 g/mol. The van der Waals surface area contributed by atoms with Crippen molar-refractivity contribution in [1.82, 2.24) is 20.9 Å². The highest BCUT2D eigenvalue weighted by atomic mass is 16.2. The number of carbonyl (C=O) groups is 3. The van der Waals surface area contributed by atoms with Crippen LogP contribution in [-0.4, -0.2) is 59.3 Å². The van der Waals surface area contributed by atoms with Crippen LogP contribution in [0, 0.1) is 11.3 Å². The highest BCUT2D eigenvalue weighted by Gasteiger charge is 2.50. The first kappa shape index (κ1) is 27.1. The zero-order chi connectivity index (χ0) is 27.2. The minimum Gasteiger partial charge on any atom is -0.370 e. The molecule has 2 aliphatic rings. The van der Waals surface area contributed by atoms with Crippen LogP contribution in [0.3, 0.4) is 0 Å². The Morgan fingerprint density at radius 2 is 1.66 bits per heavy atom. The second-order valence-electron chi connectivity index (χ2n) is 10.0. The van der Waals surface area contributed by atoms with Gasteiger partial charge in [0.25, 0.3) is 0 Å². The van der Waals surface area contributed by atoms with Crippen molar-refractivity contribution in [3.8, 4) is 0 Å². The third kappa shape index (κ3) is 5.96. The van der Waals surface area contributed by atoms with Gasteiger partial charge in [0.15, 0.2) is 5.96 Å². The largest absolute Gasteiger partial charge is 0.370 e. The van der Waals surface area contributed by atoms with E-state index in [1.165, 1.54) is 0 Å². The summed E-state index contributed by atoms with van der Waals surface area (Å²) >= 11 is 0. The van der Waals surface area contributed by atoms with Crippen LogP contribution in [0.25, 0.3) is 0 Å². The van der Waals surface area contributed by atoms with Gasteiger partial charge in [-0.15, -0.1) is 0 Å². The summed E-state index contributed by atoms with van der Waals surface area (Å²) in [4.78, 5) is 41.9. The number of nitrogens with zero attached hydrogens (tertiary/aromatic N) is 1. The Morgan fingerprint density at radius 1 is 1.05 bits per heavy atom. The molecular formula is C28H37N7O3. The number of hydrogen-bond acceptors (Lipinski definition) is 5. The number of guanidine groups is 1. The van der Waals surface area contributed by atoms with E-state index in [4.69, 9.17) is 16.9 Å². The van der Waals surface area contributed by atoms with Crippen molar-refractivity contribution in [1.29, 1.82) is 5.41 Å². The summed E-state index contributed by atoms with van der Waals surface area (Å²) in [6.45, 7) is 2.06. The van der Waals surface area contributed by atoms with Crippen molar-refractivity contribution >= 4 is 23.7 Å². The minimum atomic E-state index is -0.865. The van der Waals surface area contributed by atoms with Gasteiger partial charge in [-0.3, -0.25) is 19.8 Å². The number of fused-ring (bicyclic) bond motifs is 1. The summed E-state index contributed by atoms with van der Waals surface area (Å²) in [6, 6.07) is 16.7. The van der Waals surface area contributed by atoms with E-state index in [0.29, 0.717) is 25.7 Å². The van der Waals surface area contributed by atoms with Crippen LogP contribution in [0.2, 0.25) is 0 Å².